The van der Waals surface area contributed by atoms with Gasteiger partial charge in [0.1, 0.15) is 18.4 Å². The molecule has 0 bridgehead atoms. The van der Waals surface area contributed by atoms with Crippen molar-refractivity contribution in [1.29, 1.82) is 5.26 Å². The molecule has 5 nitrogen and oxygen atoms in total. The fourth-order valence-electron chi connectivity index (χ4n) is 2.19. The third kappa shape index (κ3) is 4.72. The van der Waals surface area contributed by atoms with E-state index in [4.69, 9.17) is 9.15 Å². The molecule has 0 unspecified atom stereocenters. The van der Waals surface area contributed by atoms with E-state index in [2.05, 4.69) is 10.3 Å². The highest BCUT2D eigenvalue weighted by molar-refractivity contribution is 5.67. The van der Waals surface area contributed by atoms with Gasteiger partial charge >= 0.3 is 0 Å². The third-order valence-electron chi connectivity index (χ3n) is 3.37. The first-order valence-corrected chi connectivity index (χ1v) is 7.91. The molecule has 0 atom stereocenters. The second kappa shape index (κ2) is 8.37. The van der Waals surface area contributed by atoms with Gasteiger partial charge in [0, 0.05) is 6.08 Å². The largest absolute Gasteiger partial charge is 0.492 e. The van der Waals surface area contributed by atoms with Crippen molar-refractivity contribution in [3.05, 3.63) is 77.8 Å². The normalized spacial score (nSPS) is 10.5. The molecule has 2 aromatic carbocycles. The van der Waals surface area contributed by atoms with Gasteiger partial charge in [0.05, 0.1) is 6.54 Å². The van der Waals surface area contributed by atoms with E-state index in [1.54, 1.807) is 6.08 Å². The summed E-state index contributed by atoms with van der Waals surface area (Å²) in [6.07, 6.45) is 3.62. The van der Waals surface area contributed by atoms with Gasteiger partial charge in [-0.3, -0.25) is 0 Å². The lowest BCUT2D eigenvalue weighted by Crippen LogP contribution is -2.11. The standard InChI is InChI=1S/C20H17N3O2/c21-15-18-20(22-13-14-24-17-9-5-2-6-10-17)25-19(23-18)12-11-16-7-3-1-4-8-16/h1-12,22H,13-14H2/b12-11+. The first kappa shape index (κ1) is 16.3. The number of hydrogen-bond donors (Lipinski definition) is 1. The summed E-state index contributed by atoms with van der Waals surface area (Å²) in [5.41, 5.74) is 1.26. The van der Waals surface area contributed by atoms with Crippen LogP contribution in [0.15, 0.2) is 65.1 Å². The minimum atomic E-state index is 0.229. The number of hydrogen-bond acceptors (Lipinski definition) is 5. The summed E-state index contributed by atoms with van der Waals surface area (Å²) in [5, 5.41) is 12.2. The van der Waals surface area contributed by atoms with Crippen molar-refractivity contribution in [3.8, 4) is 11.8 Å². The lowest BCUT2D eigenvalue weighted by molar-refractivity contribution is 0.331. The summed E-state index contributed by atoms with van der Waals surface area (Å²) in [6, 6.07) is 21.4. The Morgan fingerprint density at radius 1 is 1.04 bits per heavy atom. The van der Waals surface area contributed by atoms with Gasteiger partial charge in [-0.2, -0.15) is 10.2 Å². The van der Waals surface area contributed by atoms with Gasteiger partial charge < -0.3 is 14.5 Å². The smallest absolute Gasteiger partial charge is 0.232 e. The highest BCUT2D eigenvalue weighted by atomic mass is 16.5. The van der Waals surface area contributed by atoms with Gasteiger partial charge in [0.15, 0.2) is 0 Å². The summed E-state index contributed by atoms with van der Waals surface area (Å²) >= 11 is 0. The van der Waals surface area contributed by atoms with Crippen LogP contribution in [0.3, 0.4) is 0 Å². The summed E-state index contributed by atoms with van der Waals surface area (Å²) in [6.45, 7) is 0.950. The fourth-order valence-corrected chi connectivity index (χ4v) is 2.19. The molecular weight excluding hydrogens is 314 g/mol. The summed E-state index contributed by atoms with van der Waals surface area (Å²) < 4.78 is 11.2. The predicted molar refractivity (Wildman–Crippen MR) is 97.0 cm³/mol. The van der Waals surface area contributed by atoms with Gasteiger partial charge in [-0.1, -0.05) is 48.5 Å². The number of nitriles is 1. The van der Waals surface area contributed by atoms with Crippen LogP contribution in [-0.4, -0.2) is 18.1 Å². The first-order chi connectivity index (χ1) is 12.3. The minimum Gasteiger partial charge on any atom is -0.492 e. The molecule has 124 valence electrons. The summed E-state index contributed by atoms with van der Waals surface area (Å²) in [5.74, 6) is 1.53. The average molecular weight is 331 g/mol. The molecular formula is C20H17N3O2. The topological polar surface area (TPSA) is 71.1 Å². The van der Waals surface area contributed by atoms with Crippen molar-refractivity contribution in [2.24, 2.45) is 0 Å². The van der Waals surface area contributed by atoms with E-state index in [9.17, 15) is 5.26 Å². The lowest BCUT2D eigenvalue weighted by atomic mass is 10.2. The van der Waals surface area contributed by atoms with Crippen LogP contribution in [0.5, 0.6) is 5.75 Å². The van der Waals surface area contributed by atoms with Gasteiger partial charge in [-0.25, -0.2) is 0 Å². The van der Waals surface area contributed by atoms with Crippen molar-refractivity contribution >= 4 is 18.0 Å². The molecule has 3 aromatic rings. The van der Waals surface area contributed by atoms with Gasteiger partial charge in [-0.15, -0.1) is 0 Å². The lowest BCUT2D eigenvalue weighted by Gasteiger charge is -2.06. The van der Waals surface area contributed by atoms with E-state index in [0.717, 1.165) is 11.3 Å². The summed E-state index contributed by atoms with van der Waals surface area (Å²) in [4.78, 5) is 4.16. The van der Waals surface area contributed by atoms with Crippen molar-refractivity contribution in [1.82, 2.24) is 4.98 Å². The quantitative estimate of drug-likeness (QED) is 0.657. The van der Waals surface area contributed by atoms with Crippen molar-refractivity contribution in [2.75, 3.05) is 18.5 Å². The molecule has 0 radical (unpaired) electrons. The molecule has 0 aliphatic carbocycles. The Kier molecular flexibility index (Phi) is 5.47. The first-order valence-electron chi connectivity index (χ1n) is 7.91. The highest BCUT2D eigenvalue weighted by Crippen LogP contribution is 2.18. The van der Waals surface area contributed by atoms with Crippen LogP contribution in [0.1, 0.15) is 17.1 Å². The molecule has 0 fully saturated rings. The van der Waals surface area contributed by atoms with Gasteiger partial charge in [0.2, 0.25) is 17.5 Å². The maximum Gasteiger partial charge on any atom is 0.232 e. The molecule has 0 spiro atoms. The zero-order valence-electron chi connectivity index (χ0n) is 13.6. The molecule has 25 heavy (non-hydrogen) atoms. The van der Waals surface area contributed by atoms with Crippen LogP contribution in [0.2, 0.25) is 0 Å². The minimum absolute atomic E-state index is 0.229. The van der Waals surface area contributed by atoms with Gasteiger partial charge in [-0.05, 0) is 23.8 Å². The van der Waals surface area contributed by atoms with Crippen LogP contribution >= 0.6 is 0 Å². The van der Waals surface area contributed by atoms with E-state index < -0.39 is 0 Å². The van der Waals surface area contributed by atoms with Crippen LogP contribution in [0.25, 0.3) is 12.2 Å². The Balaban J connectivity index is 1.57. The number of oxazole rings is 1. The number of ether oxygens (including phenoxy) is 1. The number of nitrogens with one attached hydrogen (secondary N) is 1. The molecule has 0 aliphatic heterocycles. The number of nitrogens with zero attached hydrogens (tertiary/aromatic N) is 2. The number of para-hydroxylation sites is 1. The SMILES string of the molecule is N#Cc1nc(/C=C/c2ccccc2)oc1NCCOc1ccccc1. The molecule has 0 saturated heterocycles. The average Bonchev–Trinajstić information content (AvgIpc) is 3.07. The fraction of sp³-hybridized carbons (Fsp3) is 0.100. The Labute approximate surface area is 146 Å². The Bertz CT molecular complexity index is 865. The molecule has 3 rings (SSSR count). The van der Waals surface area contributed by atoms with Crippen LogP contribution in [0.4, 0.5) is 5.88 Å². The van der Waals surface area contributed by atoms with Crippen molar-refractivity contribution in [2.45, 2.75) is 0 Å². The molecule has 1 N–H and O–H groups in total. The predicted octanol–water partition coefficient (Wildman–Crippen LogP) is 4.21. The number of benzene rings is 2. The second-order valence-corrected chi connectivity index (χ2v) is 5.17. The monoisotopic (exact) mass is 331 g/mol. The molecule has 0 amide bonds. The Morgan fingerprint density at radius 3 is 2.48 bits per heavy atom. The maximum atomic E-state index is 9.18. The Morgan fingerprint density at radius 2 is 1.76 bits per heavy atom. The van der Waals surface area contributed by atoms with Crippen molar-refractivity contribution < 1.29 is 9.15 Å². The maximum absolute atomic E-state index is 9.18. The van der Waals surface area contributed by atoms with Crippen LogP contribution in [0, 0.1) is 11.3 Å². The van der Waals surface area contributed by atoms with E-state index in [-0.39, 0.29) is 5.69 Å². The number of rotatable bonds is 7. The van der Waals surface area contributed by atoms with E-state index in [1.807, 2.05) is 72.8 Å². The molecule has 0 aliphatic rings. The van der Waals surface area contributed by atoms with Crippen LogP contribution in [-0.2, 0) is 0 Å². The van der Waals surface area contributed by atoms with Crippen molar-refractivity contribution in [3.63, 3.8) is 0 Å². The summed E-state index contributed by atoms with van der Waals surface area (Å²) in [7, 11) is 0. The van der Waals surface area contributed by atoms with Gasteiger partial charge in [0.25, 0.3) is 0 Å². The number of aromatic nitrogens is 1. The molecule has 0 saturated carbocycles. The molecule has 5 heteroatoms. The molecule has 1 aromatic heterocycles. The second-order valence-electron chi connectivity index (χ2n) is 5.17. The van der Waals surface area contributed by atoms with E-state index in [1.165, 1.54) is 0 Å². The third-order valence-corrected chi connectivity index (χ3v) is 3.37. The molecule has 1 heterocycles. The zero-order chi connectivity index (χ0) is 17.3. The highest BCUT2D eigenvalue weighted by Gasteiger charge is 2.10. The van der Waals surface area contributed by atoms with Crippen LogP contribution < -0.4 is 10.1 Å². The number of anilines is 1. The van der Waals surface area contributed by atoms with E-state index in [0.29, 0.717) is 24.9 Å². The van der Waals surface area contributed by atoms with E-state index >= 15 is 0 Å². The zero-order valence-corrected chi connectivity index (χ0v) is 13.6. The Hall–Kier alpha value is -3.52.